The molecule has 190 valence electrons. The normalized spacial score (nSPS) is 11.1. The van der Waals surface area contributed by atoms with E-state index in [0.29, 0.717) is 40.3 Å². The molecule has 4 aromatic rings. The molecule has 0 atom stereocenters. The van der Waals surface area contributed by atoms with E-state index in [1.165, 1.54) is 0 Å². The van der Waals surface area contributed by atoms with Crippen molar-refractivity contribution in [2.24, 2.45) is 0 Å². The fourth-order valence-corrected chi connectivity index (χ4v) is 3.74. The number of anilines is 2. The molecule has 2 N–H and O–H groups in total. The fraction of sp³-hybridized carbons (Fsp3) is 0.241. The second-order valence-corrected chi connectivity index (χ2v) is 9.57. The van der Waals surface area contributed by atoms with Gasteiger partial charge in [0.1, 0.15) is 11.5 Å². The number of aryl methyl sites for hydroxylation is 1. The lowest BCUT2D eigenvalue weighted by molar-refractivity contribution is 0.102. The summed E-state index contributed by atoms with van der Waals surface area (Å²) in [6.07, 6.45) is 3.34. The molecule has 0 aliphatic carbocycles. The number of nitrogens with zero attached hydrogens (tertiary/aromatic N) is 3. The minimum Gasteiger partial charge on any atom is -0.496 e. The Labute approximate surface area is 217 Å². The Morgan fingerprint density at radius 1 is 0.946 bits per heavy atom. The number of carbonyl (C=O) groups excluding carboxylic acids is 1. The van der Waals surface area contributed by atoms with Gasteiger partial charge in [0.05, 0.1) is 23.9 Å². The smallest absolute Gasteiger partial charge is 0.259 e. The first-order chi connectivity index (χ1) is 17.7. The zero-order valence-electron chi connectivity index (χ0n) is 21.9. The lowest BCUT2D eigenvalue weighted by atomic mass is 9.86. The predicted octanol–water partition coefficient (Wildman–Crippen LogP) is 6.24. The van der Waals surface area contributed by atoms with Crippen LogP contribution in [0.15, 0.2) is 67.0 Å². The van der Waals surface area contributed by atoms with Crippen LogP contribution in [0.3, 0.4) is 0 Å². The Kier molecular flexibility index (Phi) is 7.38. The highest BCUT2D eigenvalue weighted by molar-refractivity contribution is 6.06. The van der Waals surface area contributed by atoms with Gasteiger partial charge in [-0.3, -0.25) is 4.79 Å². The molecule has 0 aliphatic heterocycles. The maximum atomic E-state index is 13.3. The molecular formula is C29H31N5O3. The standard InChI is InChI=1S/C29H31N5O3/c1-18-9-11-20(33-26(35)22-16-19(29(2,3)4)10-12-24(22)36-6)17-25(18)37-27-21(8-7-14-31-27)23-13-15-32-28(30-5)34-23/h7-17H,1-6H3,(H,33,35)(H,30,32,34). The number of aromatic nitrogens is 3. The zero-order valence-corrected chi connectivity index (χ0v) is 21.9. The van der Waals surface area contributed by atoms with Crippen LogP contribution in [0, 0.1) is 6.92 Å². The lowest BCUT2D eigenvalue weighted by Gasteiger charge is -2.21. The van der Waals surface area contributed by atoms with Gasteiger partial charge in [0.15, 0.2) is 0 Å². The minimum atomic E-state index is -0.267. The van der Waals surface area contributed by atoms with Crippen LogP contribution in [-0.4, -0.2) is 35.0 Å². The van der Waals surface area contributed by atoms with Crippen LogP contribution in [0.5, 0.6) is 17.4 Å². The van der Waals surface area contributed by atoms with E-state index >= 15 is 0 Å². The molecule has 0 aliphatic rings. The van der Waals surface area contributed by atoms with Gasteiger partial charge in [0, 0.05) is 31.2 Å². The number of hydrogen-bond donors (Lipinski definition) is 2. The van der Waals surface area contributed by atoms with E-state index in [1.807, 2.05) is 49.4 Å². The van der Waals surface area contributed by atoms with Gasteiger partial charge in [-0.15, -0.1) is 0 Å². The first kappa shape index (κ1) is 25.6. The summed E-state index contributed by atoms with van der Waals surface area (Å²) in [6.45, 7) is 8.25. The van der Waals surface area contributed by atoms with Gasteiger partial charge in [0.25, 0.3) is 5.91 Å². The molecule has 0 bridgehead atoms. The van der Waals surface area contributed by atoms with Crippen LogP contribution in [0.1, 0.15) is 42.3 Å². The molecule has 2 heterocycles. The summed E-state index contributed by atoms with van der Waals surface area (Å²) in [5.41, 5.74) is 4.28. The molecule has 8 heteroatoms. The molecule has 2 aromatic heterocycles. The van der Waals surface area contributed by atoms with Gasteiger partial charge in [-0.05, 0) is 59.9 Å². The van der Waals surface area contributed by atoms with E-state index in [9.17, 15) is 4.79 Å². The third-order valence-electron chi connectivity index (χ3n) is 5.89. The number of rotatable bonds is 7. The van der Waals surface area contributed by atoms with Gasteiger partial charge < -0.3 is 20.1 Å². The highest BCUT2D eigenvalue weighted by Gasteiger charge is 2.20. The number of nitrogens with one attached hydrogen (secondary N) is 2. The van der Waals surface area contributed by atoms with E-state index in [1.54, 1.807) is 38.7 Å². The van der Waals surface area contributed by atoms with Crippen molar-refractivity contribution in [2.75, 3.05) is 24.8 Å². The van der Waals surface area contributed by atoms with Crippen LogP contribution in [0.2, 0.25) is 0 Å². The molecular weight excluding hydrogens is 466 g/mol. The molecule has 0 saturated heterocycles. The predicted molar refractivity (Wildman–Crippen MR) is 146 cm³/mol. The van der Waals surface area contributed by atoms with E-state index in [0.717, 1.165) is 16.7 Å². The van der Waals surface area contributed by atoms with Crippen LogP contribution in [0.4, 0.5) is 11.6 Å². The summed E-state index contributed by atoms with van der Waals surface area (Å²) >= 11 is 0. The van der Waals surface area contributed by atoms with Gasteiger partial charge in [-0.2, -0.15) is 0 Å². The molecule has 0 radical (unpaired) electrons. The summed E-state index contributed by atoms with van der Waals surface area (Å²) in [5, 5.41) is 5.92. The molecule has 0 spiro atoms. The van der Waals surface area contributed by atoms with E-state index in [4.69, 9.17) is 9.47 Å². The zero-order chi connectivity index (χ0) is 26.6. The molecule has 0 fully saturated rings. The summed E-state index contributed by atoms with van der Waals surface area (Å²) in [5.74, 6) is 1.71. The minimum absolute atomic E-state index is 0.107. The summed E-state index contributed by atoms with van der Waals surface area (Å²) in [4.78, 5) is 26.4. The van der Waals surface area contributed by atoms with Crippen molar-refractivity contribution in [3.05, 3.63) is 83.7 Å². The Morgan fingerprint density at radius 2 is 1.76 bits per heavy atom. The maximum Gasteiger partial charge on any atom is 0.259 e. The average molecular weight is 498 g/mol. The molecule has 8 nitrogen and oxygen atoms in total. The Bertz CT molecular complexity index is 1430. The Balaban J connectivity index is 1.63. The van der Waals surface area contributed by atoms with Gasteiger partial charge in [0.2, 0.25) is 11.8 Å². The quantitative estimate of drug-likeness (QED) is 0.312. The number of benzene rings is 2. The van der Waals surface area contributed by atoms with Crippen molar-refractivity contribution >= 4 is 17.5 Å². The molecule has 4 rings (SSSR count). The van der Waals surface area contributed by atoms with Crippen LogP contribution in [-0.2, 0) is 5.41 Å². The monoisotopic (exact) mass is 497 g/mol. The van der Waals surface area contributed by atoms with Crippen LogP contribution >= 0.6 is 0 Å². The number of amides is 1. The maximum absolute atomic E-state index is 13.3. The fourth-order valence-electron chi connectivity index (χ4n) is 3.74. The number of hydrogen-bond acceptors (Lipinski definition) is 7. The van der Waals surface area contributed by atoms with Crippen LogP contribution < -0.4 is 20.1 Å². The van der Waals surface area contributed by atoms with Crippen molar-refractivity contribution in [2.45, 2.75) is 33.1 Å². The van der Waals surface area contributed by atoms with Gasteiger partial charge >= 0.3 is 0 Å². The number of carbonyl (C=O) groups is 1. The molecule has 0 saturated carbocycles. The summed E-state index contributed by atoms with van der Waals surface area (Å²) < 4.78 is 11.7. The third kappa shape index (κ3) is 5.86. The number of pyridine rings is 1. The molecule has 1 amide bonds. The Hall–Kier alpha value is -4.46. The summed E-state index contributed by atoms with van der Waals surface area (Å²) in [6, 6.07) is 16.7. The van der Waals surface area contributed by atoms with Crippen LogP contribution in [0.25, 0.3) is 11.3 Å². The van der Waals surface area contributed by atoms with Crippen molar-refractivity contribution in [3.8, 4) is 28.6 Å². The van der Waals surface area contributed by atoms with Gasteiger partial charge in [-0.25, -0.2) is 15.0 Å². The van der Waals surface area contributed by atoms with Gasteiger partial charge in [-0.1, -0.05) is 32.9 Å². The second kappa shape index (κ2) is 10.7. The topological polar surface area (TPSA) is 98.3 Å². The van der Waals surface area contributed by atoms with E-state index in [2.05, 4.69) is 46.4 Å². The Morgan fingerprint density at radius 3 is 2.49 bits per heavy atom. The highest BCUT2D eigenvalue weighted by Crippen LogP contribution is 2.34. The molecule has 37 heavy (non-hydrogen) atoms. The third-order valence-corrected chi connectivity index (χ3v) is 5.89. The van der Waals surface area contributed by atoms with Crippen molar-refractivity contribution in [3.63, 3.8) is 0 Å². The first-order valence-electron chi connectivity index (χ1n) is 11.9. The number of ether oxygens (including phenoxy) is 2. The number of methoxy groups -OCH3 is 1. The second-order valence-electron chi connectivity index (χ2n) is 9.57. The van der Waals surface area contributed by atoms with E-state index < -0.39 is 0 Å². The molecule has 2 aromatic carbocycles. The first-order valence-corrected chi connectivity index (χ1v) is 11.9. The van der Waals surface area contributed by atoms with E-state index in [-0.39, 0.29) is 11.3 Å². The largest absolute Gasteiger partial charge is 0.496 e. The highest BCUT2D eigenvalue weighted by atomic mass is 16.5. The summed E-state index contributed by atoms with van der Waals surface area (Å²) in [7, 11) is 3.32. The lowest BCUT2D eigenvalue weighted by Crippen LogP contribution is -2.17. The van der Waals surface area contributed by atoms with Crippen molar-refractivity contribution in [1.29, 1.82) is 0 Å². The van der Waals surface area contributed by atoms with Crippen molar-refractivity contribution in [1.82, 2.24) is 15.0 Å². The average Bonchev–Trinajstić information content (AvgIpc) is 2.90. The molecule has 0 unspecified atom stereocenters. The van der Waals surface area contributed by atoms with Crippen molar-refractivity contribution < 1.29 is 14.3 Å². The SMILES string of the molecule is CNc1nccc(-c2cccnc2Oc2cc(NC(=O)c3cc(C(C)(C)C)ccc3OC)ccc2C)n1.